The largest absolute Gasteiger partial charge is 0.442 e. The molecule has 0 aliphatic carbocycles. The van der Waals surface area contributed by atoms with E-state index < -0.39 is 15.6 Å². The third-order valence-electron chi connectivity index (χ3n) is 4.64. The van der Waals surface area contributed by atoms with Crippen molar-refractivity contribution in [2.24, 2.45) is 0 Å². The van der Waals surface area contributed by atoms with Gasteiger partial charge in [0.15, 0.2) is 15.7 Å². The van der Waals surface area contributed by atoms with Crippen LogP contribution in [0.1, 0.15) is 24.7 Å². The van der Waals surface area contributed by atoms with Gasteiger partial charge in [-0.25, -0.2) is 17.6 Å². The molecule has 1 unspecified atom stereocenters. The van der Waals surface area contributed by atoms with Crippen LogP contribution in [0.4, 0.5) is 4.39 Å². The van der Waals surface area contributed by atoms with E-state index in [1.54, 1.807) is 19.1 Å². The van der Waals surface area contributed by atoms with Crippen LogP contribution >= 0.6 is 0 Å². The van der Waals surface area contributed by atoms with Crippen LogP contribution in [0.5, 0.6) is 0 Å². The fourth-order valence-electron chi connectivity index (χ4n) is 3.25. The maximum Gasteiger partial charge on any atom is 0.442 e. The Morgan fingerprint density at radius 1 is 1.37 bits per heavy atom. The van der Waals surface area contributed by atoms with Crippen LogP contribution in [0.25, 0.3) is 0 Å². The first-order chi connectivity index (χ1) is 12.8. The monoisotopic (exact) mass is 397 g/mol. The molecule has 1 amide bonds. The van der Waals surface area contributed by atoms with E-state index in [1.807, 2.05) is 0 Å². The minimum atomic E-state index is -3.13. The average Bonchev–Trinajstić information content (AvgIpc) is 3.14. The summed E-state index contributed by atoms with van der Waals surface area (Å²) in [5, 5.41) is 3.71. The van der Waals surface area contributed by atoms with E-state index in [0.29, 0.717) is 18.5 Å². The van der Waals surface area contributed by atoms with Crippen molar-refractivity contribution in [3.8, 4) is 0 Å². The number of carbonyl (C=O) groups is 1. The van der Waals surface area contributed by atoms with Gasteiger partial charge in [-0.1, -0.05) is 17.3 Å². The van der Waals surface area contributed by atoms with E-state index in [4.69, 9.17) is 0 Å². The van der Waals surface area contributed by atoms with E-state index in [0.717, 1.165) is 4.57 Å². The predicted octanol–water partition coefficient (Wildman–Crippen LogP) is 0.602. The molecule has 8 nitrogen and oxygen atoms in total. The molecule has 0 bridgehead atoms. The molecule has 0 radical (unpaired) electrons. The van der Waals surface area contributed by atoms with Crippen LogP contribution in [-0.2, 0) is 27.6 Å². The van der Waals surface area contributed by atoms with Gasteiger partial charge >= 0.3 is 5.76 Å². The number of sulfone groups is 1. The summed E-state index contributed by atoms with van der Waals surface area (Å²) < 4.78 is 42.2. The zero-order valence-corrected chi connectivity index (χ0v) is 15.6. The van der Waals surface area contributed by atoms with Crippen LogP contribution < -0.4 is 5.76 Å². The van der Waals surface area contributed by atoms with Gasteiger partial charge in [-0.05, 0) is 31.0 Å². The number of nitrogens with zero attached hydrogens (tertiary/aromatic N) is 3. The molecule has 2 aromatic rings. The summed E-state index contributed by atoms with van der Waals surface area (Å²) in [7, 11) is -3.13. The topological polar surface area (TPSA) is 102 Å². The molecular formula is C17H20FN3O5S. The lowest BCUT2D eigenvalue weighted by Crippen LogP contribution is -2.43. The third kappa shape index (κ3) is 4.44. The number of aromatic nitrogens is 2. The first kappa shape index (κ1) is 19.3. The number of rotatable bonds is 6. The summed E-state index contributed by atoms with van der Waals surface area (Å²) in [4.78, 5) is 26.1. The Morgan fingerprint density at radius 3 is 2.67 bits per heavy atom. The molecule has 1 aliphatic rings. The van der Waals surface area contributed by atoms with Crippen molar-refractivity contribution in [2.75, 3.05) is 18.1 Å². The van der Waals surface area contributed by atoms with Gasteiger partial charge < -0.3 is 4.90 Å². The van der Waals surface area contributed by atoms with Gasteiger partial charge in [0.1, 0.15) is 12.4 Å². The number of benzene rings is 1. The van der Waals surface area contributed by atoms with Gasteiger partial charge in [-0.2, -0.15) is 0 Å². The zero-order valence-electron chi connectivity index (χ0n) is 14.8. The normalized spacial score (nSPS) is 18.5. The van der Waals surface area contributed by atoms with Crippen LogP contribution in [0.2, 0.25) is 0 Å². The van der Waals surface area contributed by atoms with Crippen LogP contribution in [0.3, 0.4) is 0 Å². The molecule has 0 saturated carbocycles. The van der Waals surface area contributed by atoms with Crippen molar-refractivity contribution in [1.82, 2.24) is 14.6 Å². The lowest BCUT2D eigenvalue weighted by Gasteiger charge is -2.26. The number of likely N-dealkylation sites (N-methyl/N-ethyl adjacent to an activating group) is 1. The molecule has 0 N–H and O–H groups in total. The Kier molecular flexibility index (Phi) is 5.45. The molecule has 10 heteroatoms. The Balaban J connectivity index is 1.76. The van der Waals surface area contributed by atoms with Crippen molar-refractivity contribution in [3.05, 3.63) is 52.0 Å². The predicted molar refractivity (Wildman–Crippen MR) is 94.4 cm³/mol. The van der Waals surface area contributed by atoms with Gasteiger partial charge in [0.2, 0.25) is 5.91 Å². The van der Waals surface area contributed by atoms with E-state index in [2.05, 4.69) is 9.68 Å². The quantitative estimate of drug-likeness (QED) is 0.707. The van der Waals surface area contributed by atoms with E-state index in [9.17, 15) is 22.4 Å². The molecule has 3 rings (SSSR count). The molecule has 1 saturated heterocycles. The first-order valence-electron chi connectivity index (χ1n) is 8.59. The second-order valence-electron chi connectivity index (χ2n) is 6.49. The second-order valence-corrected chi connectivity index (χ2v) is 8.72. The summed E-state index contributed by atoms with van der Waals surface area (Å²) >= 11 is 0. The maximum atomic E-state index is 13.0. The fourth-order valence-corrected chi connectivity index (χ4v) is 4.98. The lowest BCUT2D eigenvalue weighted by atomic mass is 10.1. The Hall–Kier alpha value is -2.49. The van der Waals surface area contributed by atoms with Crippen LogP contribution in [0, 0.1) is 5.82 Å². The van der Waals surface area contributed by atoms with Crippen molar-refractivity contribution in [3.63, 3.8) is 0 Å². The number of amides is 1. The smallest absolute Gasteiger partial charge is 0.337 e. The van der Waals surface area contributed by atoms with Crippen molar-refractivity contribution in [1.29, 1.82) is 0 Å². The van der Waals surface area contributed by atoms with Crippen LogP contribution in [0.15, 0.2) is 33.6 Å². The molecule has 2 heterocycles. The Bertz CT molecular complexity index is 981. The highest BCUT2D eigenvalue weighted by atomic mass is 32.2. The molecule has 1 atom stereocenters. The molecular weight excluding hydrogens is 377 g/mol. The van der Waals surface area contributed by atoms with Gasteiger partial charge in [0.05, 0.1) is 11.5 Å². The molecule has 27 heavy (non-hydrogen) atoms. The lowest BCUT2D eigenvalue weighted by molar-refractivity contribution is -0.133. The van der Waals surface area contributed by atoms with Crippen LogP contribution in [-0.4, -0.2) is 53.0 Å². The van der Waals surface area contributed by atoms with Crippen molar-refractivity contribution >= 4 is 15.7 Å². The standard InChI is InChI=1S/C17H20FN3O5S/c1-2-20(14-7-8-27(24,25)11-14)16(22)10-21-15(19-26-17(21)23)9-12-3-5-13(18)6-4-12/h3-6,14H,2,7-11H2,1H3. The molecule has 1 aliphatic heterocycles. The first-order valence-corrected chi connectivity index (χ1v) is 10.4. The maximum absolute atomic E-state index is 13.0. The minimum absolute atomic E-state index is 0.0600. The molecule has 1 aromatic carbocycles. The molecule has 1 aromatic heterocycles. The zero-order chi connectivity index (χ0) is 19.6. The highest BCUT2D eigenvalue weighted by Gasteiger charge is 2.34. The van der Waals surface area contributed by atoms with E-state index in [-0.39, 0.29) is 48.1 Å². The highest BCUT2D eigenvalue weighted by molar-refractivity contribution is 7.91. The van der Waals surface area contributed by atoms with E-state index >= 15 is 0 Å². The molecule has 1 fully saturated rings. The average molecular weight is 397 g/mol. The summed E-state index contributed by atoms with van der Waals surface area (Å²) in [6.45, 7) is 1.81. The van der Waals surface area contributed by atoms with Crippen molar-refractivity contribution in [2.45, 2.75) is 32.4 Å². The SMILES string of the molecule is CCN(C(=O)Cn1c(Cc2ccc(F)cc2)noc1=O)C1CCS(=O)(=O)C1. The minimum Gasteiger partial charge on any atom is -0.337 e. The number of carbonyl (C=O) groups excluding carboxylic acids is 1. The summed E-state index contributed by atoms with van der Waals surface area (Å²) in [6, 6.07) is 5.32. The molecule has 0 spiro atoms. The summed E-state index contributed by atoms with van der Waals surface area (Å²) in [5.41, 5.74) is 0.708. The second kappa shape index (κ2) is 7.63. The number of halogens is 1. The summed E-state index contributed by atoms with van der Waals surface area (Å²) in [5.74, 6) is -1.27. The number of hydrogen-bond acceptors (Lipinski definition) is 6. The van der Waals surface area contributed by atoms with Gasteiger partial charge in [0, 0.05) is 19.0 Å². The molecule has 146 valence electrons. The summed E-state index contributed by atoms with van der Waals surface area (Å²) in [6.07, 6.45) is 0.589. The highest BCUT2D eigenvalue weighted by Crippen LogP contribution is 2.18. The Morgan fingerprint density at radius 2 is 2.07 bits per heavy atom. The Labute approximate surface area is 155 Å². The van der Waals surface area contributed by atoms with Gasteiger partial charge in [-0.3, -0.25) is 13.9 Å². The number of hydrogen-bond donors (Lipinski definition) is 0. The van der Waals surface area contributed by atoms with Crippen molar-refractivity contribution < 1.29 is 22.1 Å². The fraction of sp³-hybridized carbons (Fsp3) is 0.471. The van der Waals surface area contributed by atoms with Gasteiger partial charge in [-0.15, -0.1) is 0 Å². The van der Waals surface area contributed by atoms with E-state index in [1.165, 1.54) is 17.0 Å². The third-order valence-corrected chi connectivity index (χ3v) is 6.39. The van der Waals surface area contributed by atoms with Gasteiger partial charge in [0.25, 0.3) is 0 Å².